The molecule has 4 nitrogen and oxygen atoms in total. The van der Waals surface area contributed by atoms with Gasteiger partial charge in [0.2, 0.25) is 0 Å². The van der Waals surface area contributed by atoms with E-state index < -0.39 is 6.16 Å². The van der Waals surface area contributed by atoms with Crippen LogP contribution in [0.15, 0.2) is 0 Å². The van der Waals surface area contributed by atoms with Crippen molar-refractivity contribution in [2.45, 2.75) is 0 Å². The molecule has 4 N–H and O–H groups in total. The minimum absolute atomic E-state index is 0. The van der Waals surface area contributed by atoms with Crippen molar-refractivity contribution in [1.82, 2.24) is 0 Å². The Morgan fingerprint density at radius 2 is 1.12 bits per heavy atom. The first-order chi connectivity index (χ1) is 1.73. The van der Waals surface area contributed by atoms with Gasteiger partial charge in [0.15, 0.2) is 0 Å². The first kappa shape index (κ1) is 33.8. The Morgan fingerprint density at radius 1 is 1.12 bits per heavy atom. The van der Waals surface area contributed by atoms with Gasteiger partial charge in [0.05, 0.1) is 0 Å². The molecule has 0 aromatic carbocycles. The Morgan fingerprint density at radius 3 is 1.12 bits per heavy atom. The summed E-state index contributed by atoms with van der Waals surface area (Å²) in [5.41, 5.74) is 0. The fourth-order valence-corrected chi connectivity index (χ4v) is 0. The van der Waals surface area contributed by atoms with Crippen molar-refractivity contribution in [2.75, 3.05) is 0 Å². The zero-order chi connectivity index (χ0) is 3.58. The number of hydrogen-bond acceptors (Lipinski definition) is 1. The van der Waals surface area contributed by atoms with E-state index in [1.165, 1.54) is 0 Å². The van der Waals surface area contributed by atoms with Crippen LogP contribution in [-0.4, -0.2) is 81.0 Å². The van der Waals surface area contributed by atoms with E-state index >= 15 is 0 Å². The molecule has 0 aliphatic heterocycles. The van der Waals surface area contributed by atoms with Gasteiger partial charge in [0.25, 0.3) is 0 Å². The molecule has 0 unspecified atom stereocenters. The van der Waals surface area contributed by atoms with E-state index in [-0.39, 0.29) is 77.0 Å². The van der Waals surface area contributed by atoms with Crippen LogP contribution in [0, 0.1) is 0 Å². The van der Waals surface area contributed by atoms with Crippen molar-refractivity contribution in [3.8, 4) is 0 Å². The van der Waals surface area contributed by atoms with Crippen molar-refractivity contribution in [3.63, 3.8) is 0 Å². The number of rotatable bonds is 0. The average molecular weight is 164 g/mol. The maximum absolute atomic E-state index is 8.56. The second-order valence-corrected chi connectivity index (χ2v) is 0.283. The third-order valence-electron chi connectivity index (χ3n) is 0. The summed E-state index contributed by atoms with van der Waals surface area (Å²) in [6.45, 7) is 0. The molecule has 44 valence electrons. The van der Waals surface area contributed by atoms with E-state index in [1.807, 2.05) is 0 Å². The van der Waals surface area contributed by atoms with Crippen LogP contribution in [0.25, 0.3) is 0 Å². The van der Waals surface area contributed by atoms with Crippen molar-refractivity contribution in [2.24, 2.45) is 0 Å². The molecule has 0 aliphatic carbocycles. The Balaban J connectivity index is -0.00000000750. The second kappa shape index (κ2) is 23.6. The molecule has 0 spiro atoms. The van der Waals surface area contributed by atoms with Gasteiger partial charge in [-0.05, 0) is 0 Å². The van der Waals surface area contributed by atoms with E-state index in [4.69, 9.17) is 15.0 Å². The molecule has 0 aliphatic rings. The molecule has 0 fully saturated rings. The summed E-state index contributed by atoms with van der Waals surface area (Å²) in [6.07, 6.45) is -1.83. The Labute approximate surface area is 96.9 Å². The second-order valence-electron chi connectivity index (χ2n) is 0.283. The van der Waals surface area contributed by atoms with Gasteiger partial charge < -0.3 is 15.7 Å². The molecule has 0 aromatic heterocycles. The van der Waals surface area contributed by atoms with Crippen molar-refractivity contribution >= 4 is 77.7 Å². The molecule has 7 heteroatoms. The number of halogens is 1. The maximum atomic E-state index is 8.56. The van der Waals surface area contributed by atoms with Crippen LogP contribution in [0.2, 0.25) is 0 Å². The van der Waals surface area contributed by atoms with E-state index in [2.05, 4.69) is 0 Å². The van der Waals surface area contributed by atoms with Crippen LogP contribution in [-0.2, 0) is 0 Å². The molecule has 0 aromatic rings. The molecule has 0 saturated heterocycles. The van der Waals surface area contributed by atoms with Gasteiger partial charge in [-0.2, -0.15) is 0 Å². The molecule has 0 atom stereocenters. The number of carbonyl (C=O) groups is 1. The zero-order valence-corrected chi connectivity index (χ0v) is 3.53. The fourth-order valence-electron chi connectivity index (χ4n) is 0. The van der Waals surface area contributed by atoms with Crippen LogP contribution < -0.4 is 0 Å². The third kappa shape index (κ3) is 138. The predicted octanol–water partition coefficient (Wildman–Crippen LogP) is -1.48. The van der Waals surface area contributed by atoms with Gasteiger partial charge >= 0.3 is 65.3 Å². The van der Waals surface area contributed by atoms with Crippen molar-refractivity contribution < 1.29 is 20.5 Å². The monoisotopic (exact) mass is 164 g/mol. The quantitative estimate of drug-likeness (QED) is 0.428. The summed E-state index contributed by atoms with van der Waals surface area (Å²) in [5, 5.41) is 13.9. The molecule has 8 heavy (non-hydrogen) atoms. The number of hydrogen-bond donors (Lipinski definition) is 2. The summed E-state index contributed by atoms with van der Waals surface area (Å²) in [5.74, 6) is 0. The molecular weight excluding hydrogens is 157 g/mol. The van der Waals surface area contributed by atoms with E-state index in [9.17, 15) is 0 Å². The molecule has 0 radical (unpaired) electrons. The first-order valence-corrected chi connectivity index (χ1v) is 0.651. The normalized spacial score (nSPS) is 3.00. The van der Waals surface area contributed by atoms with Gasteiger partial charge in [-0.1, -0.05) is 0 Å². The minimum atomic E-state index is -1.83. The molecule has 0 saturated carbocycles. The summed E-state index contributed by atoms with van der Waals surface area (Å²) in [6, 6.07) is 0. The Kier molecular flexibility index (Phi) is 99.7. The zero-order valence-electron chi connectivity index (χ0n) is 2.71. The van der Waals surface area contributed by atoms with E-state index in [0.717, 1.165) is 0 Å². The summed E-state index contributed by atoms with van der Waals surface area (Å²) < 4.78 is 0. The van der Waals surface area contributed by atoms with Gasteiger partial charge in [0, 0.05) is 0 Å². The van der Waals surface area contributed by atoms with Crippen LogP contribution in [0.3, 0.4) is 0 Å². The summed E-state index contributed by atoms with van der Waals surface area (Å²) in [4.78, 5) is 8.56. The van der Waals surface area contributed by atoms with Crippen LogP contribution in [0.1, 0.15) is 0 Å². The van der Waals surface area contributed by atoms with Crippen molar-refractivity contribution in [1.29, 1.82) is 0 Å². The molecule has 0 rings (SSSR count). The topological polar surface area (TPSA) is 89.0 Å². The average Bonchev–Trinajstić information content (AvgIpc) is 0.811. The standard InChI is InChI=1S/CH2O3.ClH.2Na.H2O.2H/c2-1(3)4;;;;;;/h(H2,2,3,4);1H;;;1H2;;. The van der Waals surface area contributed by atoms with Crippen LogP contribution >= 0.6 is 12.4 Å². The Hall–Kier alpha value is 1.52. The Bertz CT molecular complexity index is 37.0. The van der Waals surface area contributed by atoms with Crippen LogP contribution in [0.4, 0.5) is 4.79 Å². The number of carboxylic acid groups (broad SMARTS) is 2. The molecule has 0 bridgehead atoms. The van der Waals surface area contributed by atoms with E-state index in [1.54, 1.807) is 0 Å². The van der Waals surface area contributed by atoms with Crippen molar-refractivity contribution in [3.05, 3.63) is 0 Å². The van der Waals surface area contributed by atoms with Gasteiger partial charge in [-0.3, -0.25) is 0 Å². The van der Waals surface area contributed by atoms with Gasteiger partial charge in [-0.25, -0.2) is 4.79 Å². The summed E-state index contributed by atoms with van der Waals surface area (Å²) in [7, 11) is 0. The predicted molar refractivity (Wildman–Crippen MR) is 35.8 cm³/mol. The molecule has 0 heterocycles. The van der Waals surface area contributed by atoms with E-state index in [0.29, 0.717) is 0 Å². The SMILES string of the molecule is Cl.O.O=C(O)O.[NaH].[NaH]. The molecule has 0 amide bonds. The third-order valence-corrected chi connectivity index (χ3v) is 0. The first-order valence-electron chi connectivity index (χ1n) is 0.651. The fraction of sp³-hybridized carbons (Fsp3) is 0. The van der Waals surface area contributed by atoms with Crippen LogP contribution in [0.5, 0.6) is 0 Å². The van der Waals surface area contributed by atoms with Gasteiger partial charge in [0.1, 0.15) is 0 Å². The summed E-state index contributed by atoms with van der Waals surface area (Å²) >= 11 is 0. The van der Waals surface area contributed by atoms with Gasteiger partial charge in [-0.15, -0.1) is 12.4 Å². The molecular formula is CH7ClNa2O4.